The fourth-order valence-electron chi connectivity index (χ4n) is 1.37. The number of ether oxygens (including phenoxy) is 1. The first kappa shape index (κ1) is 10.2. The number of halogens is 1. The maximum Gasteiger partial charge on any atom is 0.137 e. The van der Waals surface area contributed by atoms with Crippen LogP contribution in [0, 0.1) is 6.92 Å². The number of methoxy groups -OCH3 is 1. The summed E-state index contributed by atoms with van der Waals surface area (Å²) in [4.78, 5) is 7.45. The van der Waals surface area contributed by atoms with E-state index in [4.69, 9.17) is 4.74 Å². The third kappa shape index (κ3) is 2.04. The molecule has 0 spiro atoms. The highest BCUT2D eigenvalue weighted by molar-refractivity contribution is 9.10. The molecular formula is C11H11BrN2O. The van der Waals surface area contributed by atoms with E-state index < -0.39 is 0 Å². The van der Waals surface area contributed by atoms with E-state index >= 15 is 0 Å². The van der Waals surface area contributed by atoms with E-state index in [-0.39, 0.29) is 0 Å². The summed E-state index contributed by atoms with van der Waals surface area (Å²) in [5, 5.41) is 0. The highest BCUT2D eigenvalue weighted by atomic mass is 79.9. The molecule has 2 rings (SSSR count). The molecule has 1 heterocycles. The van der Waals surface area contributed by atoms with Gasteiger partial charge in [-0.05, 0) is 41.1 Å². The van der Waals surface area contributed by atoms with Gasteiger partial charge in [0.2, 0.25) is 0 Å². The molecule has 0 aliphatic rings. The average Bonchev–Trinajstić information content (AvgIpc) is 2.65. The van der Waals surface area contributed by atoms with Crippen LogP contribution in [-0.4, -0.2) is 17.1 Å². The van der Waals surface area contributed by atoms with Crippen LogP contribution in [0.2, 0.25) is 0 Å². The van der Waals surface area contributed by atoms with Crippen LogP contribution in [0.5, 0.6) is 5.75 Å². The molecule has 2 aromatic rings. The van der Waals surface area contributed by atoms with E-state index in [1.54, 1.807) is 7.11 Å². The number of rotatable bonds is 2. The number of aryl methyl sites for hydroxylation is 1. The van der Waals surface area contributed by atoms with Crippen LogP contribution >= 0.6 is 15.9 Å². The van der Waals surface area contributed by atoms with Gasteiger partial charge in [0, 0.05) is 17.5 Å². The lowest BCUT2D eigenvalue weighted by atomic mass is 10.2. The molecule has 0 saturated heterocycles. The minimum absolute atomic E-state index is 0.821. The number of imidazole rings is 1. The van der Waals surface area contributed by atoms with Crippen LogP contribution < -0.4 is 4.74 Å². The molecule has 0 aliphatic carbocycles. The zero-order chi connectivity index (χ0) is 10.8. The summed E-state index contributed by atoms with van der Waals surface area (Å²) in [5.41, 5.74) is 2.09. The first-order valence-corrected chi connectivity index (χ1v) is 5.35. The van der Waals surface area contributed by atoms with Gasteiger partial charge in [-0.1, -0.05) is 0 Å². The van der Waals surface area contributed by atoms with Gasteiger partial charge in [-0.3, -0.25) is 0 Å². The van der Waals surface area contributed by atoms with Crippen LogP contribution in [0.4, 0.5) is 0 Å². The zero-order valence-electron chi connectivity index (χ0n) is 8.54. The topological polar surface area (TPSA) is 37.9 Å². The van der Waals surface area contributed by atoms with Gasteiger partial charge >= 0.3 is 0 Å². The average molecular weight is 267 g/mol. The van der Waals surface area contributed by atoms with Gasteiger partial charge in [0.1, 0.15) is 11.6 Å². The summed E-state index contributed by atoms with van der Waals surface area (Å²) in [6, 6.07) is 5.87. The predicted molar refractivity (Wildman–Crippen MR) is 63.0 cm³/mol. The summed E-state index contributed by atoms with van der Waals surface area (Å²) in [6.07, 6.45) is 1.81. The lowest BCUT2D eigenvalue weighted by Gasteiger charge is -2.04. The van der Waals surface area contributed by atoms with Crippen LogP contribution in [0.1, 0.15) is 5.69 Å². The molecule has 0 bridgehead atoms. The fraction of sp³-hybridized carbons (Fsp3) is 0.182. The Morgan fingerprint density at radius 2 is 2.20 bits per heavy atom. The molecule has 1 N–H and O–H groups in total. The van der Waals surface area contributed by atoms with Crippen molar-refractivity contribution in [3.05, 3.63) is 34.6 Å². The summed E-state index contributed by atoms with van der Waals surface area (Å²) in [6.45, 7) is 1.98. The van der Waals surface area contributed by atoms with Crippen molar-refractivity contribution < 1.29 is 4.74 Å². The summed E-state index contributed by atoms with van der Waals surface area (Å²) in [7, 11) is 1.65. The Morgan fingerprint density at radius 3 is 2.73 bits per heavy atom. The SMILES string of the molecule is COc1ccc(-c2ncc(C)[nH]2)cc1Br. The van der Waals surface area contributed by atoms with Gasteiger partial charge in [-0.25, -0.2) is 4.98 Å². The predicted octanol–water partition coefficient (Wildman–Crippen LogP) is 3.16. The Hall–Kier alpha value is -1.29. The molecule has 78 valence electrons. The minimum Gasteiger partial charge on any atom is -0.496 e. The monoisotopic (exact) mass is 266 g/mol. The number of nitrogens with one attached hydrogen (secondary N) is 1. The quantitative estimate of drug-likeness (QED) is 0.907. The molecule has 3 nitrogen and oxygen atoms in total. The van der Waals surface area contributed by atoms with Crippen molar-refractivity contribution >= 4 is 15.9 Å². The smallest absolute Gasteiger partial charge is 0.137 e. The van der Waals surface area contributed by atoms with E-state index in [0.29, 0.717) is 0 Å². The van der Waals surface area contributed by atoms with E-state index in [1.165, 1.54) is 0 Å². The highest BCUT2D eigenvalue weighted by Gasteiger charge is 2.05. The second kappa shape index (κ2) is 4.06. The Kier molecular flexibility index (Phi) is 2.77. The molecule has 4 heteroatoms. The Bertz CT molecular complexity index is 479. The van der Waals surface area contributed by atoms with Crippen LogP contribution in [0.15, 0.2) is 28.9 Å². The van der Waals surface area contributed by atoms with E-state index in [1.807, 2.05) is 31.3 Å². The van der Waals surface area contributed by atoms with Gasteiger partial charge in [0.05, 0.1) is 11.6 Å². The number of H-pyrrole nitrogens is 1. The lowest BCUT2D eigenvalue weighted by Crippen LogP contribution is -1.86. The van der Waals surface area contributed by atoms with Gasteiger partial charge in [0.25, 0.3) is 0 Å². The largest absolute Gasteiger partial charge is 0.496 e. The number of benzene rings is 1. The van der Waals surface area contributed by atoms with Crippen molar-refractivity contribution in [2.24, 2.45) is 0 Å². The van der Waals surface area contributed by atoms with Crippen molar-refractivity contribution in [1.29, 1.82) is 0 Å². The molecule has 0 saturated carbocycles. The second-order valence-electron chi connectivity index (χ2n) is 3.26. The number of nitrogens with zero attached hydrogens (tertiary/aromatic N) is 1. The van der Waals surface area contributed by atoms with Gasteiger partial charge < -0.3 is 9.72 Å². The molecule has 15 heavy (non-hydrogen) atoms. The Balaban J connectivity index is 2.42. The molecule has 0 atom stereocenters. The molecule has 1 aromatic heterocycles. The molecule has 1 aromatic carbocycles. The third-order valence-electron chi connectivity index (χ3n) is 2.13. The molecule has 0 fully saturated rings. The maximum absolute atomic E-state index is 5.16. The highest BCUT2D eigenvalue weighted by Crippen LogP contribution is 2.29. The van der Waals surface area contributed by atoms with E-state index in [0.717, 1.165) is 27.3 Å². The summed E-state index contributed by atoms with van der Waals surface area (Å²) in [5.74, 6) is 1.69. The summed E-state index contributed by atoms with van der Waals surface area (Å²) >= 11 is 3.44. The number of aromatic nitrogens is 2. The summed E-state index contributed by atoms with van der Waals surface area (Å²) < 4.78 is 6.09. The van der Waals surface area contributed by atoms with Crippen molar-refractivity contribution in [2.75, 3.05) is 7.11 Å². The van der Waals surface area contributed by atoms with Gasteiger partial charge in [-0.2, -0.15) is 0 Å². The van der Waals surface area contributed by atoms with Crippen LogP contribution in [0.25, 0.3) is 11.4 Å². The van der Waals surface area contributed by atoms with Crippen LogP contribution in [-0.2, 0) is 0 Å². The van der Waals surface area contributed by atoms with E-state index in [2.05, 4.69) is 25.9 Å². The first-order chi connectivity index (χ1) is 7.20. The Morgan fingerprint density at radius 1 is 1.40 bits per heavy atom. The maximum atomic E-state index is 5.16. The standard InChI is InChI=1S/C11H11BrN2O/c1-7-6-13-11(14-7)8-3-4-10(15-2)9(12)5-8/h3-6H,1-2H3,(H,13,14). The fourth-order valence-corrected chi connectivity index (χ4v) is 1.91. The minimum atomic E-state index is 0.821. The number of hydrogen-bond acceptors (Lipinski definition) is 2. The van der Waals surface area contributed by atoms with Crippen molar-refractivity contribution in [3.63, 3.8) is 0 Å². The molecule has 0 radical (unpaired) electrons. The van der Waals surface area contributed by atoms with Crippen LogP contribution in [0.3, 0.4) is 0 Å². The van der Waals surface area contributed by atoms with Crippen molar-refractivity contribution in [1.82, 2.24) is 9.97 Å². The van der Waals surface area contributed by atoms with Gasteiger partial charge in [-0.15, -0.1) is 0 Å². The lowest BCUT2D eigenvalue weighted by molar-refractivity contribution is 0.412. The first-order valence-electron chi connectivity index (χ1n) is 4.56. The van der Waals surface area contributed by atoms with Gasteiger partial charge in [0.15, 0.2) is 0 Å². The van der Waals surface area contributed by atoms with E-state index in [9.17, 15) is 0 Å². The molecular weight excluding hydrogens is 256 g/mol. The van der Waals surface area contributed by atoms with Crippen molar-refractivity contribution in [3.8, 4) is 17.1 Å². The second-order valence-corrected chi connectivity index (χ2v) is 4.12. The molecule has 0 aliphatic heterocycles. The Labute approximate surface area is 96.6 Å². The molecule has 0 unspecified atom stereocenters. The number of hydrogen-bond donors (Lipinski definition) is 1. The normalized spacial score (nSPS) is 10.3. The zero-order valence-corrected chi connectivity index (χ0v) is 10.1. The third-order valence-corrected chi connectivity index (χ3v) is 2.75. The van der Waals surface area contributed by atoms with Crippen molar-refractivity contribution in [2.45, 2.75) is 6.92 Å². The number of aromatic amines is 1. The molecule has 0 amide bonds.